The lowest BCUT2D eigenvalue weighted by Gasteiger charge is -2.02. The third-order valence-electron chi connectivity index (χ3n) is 1.77. The predicted octanol–water partition coefficient (Wildman–Crippen LogP) is 2.91. The van der Waals surface area contributed by atoms with Gasteiger partial charge in [0.05, 0.1) is 4.90 Å². The zero-order chi connectivity index (χ0) is 10.4. The van der Waals surface area contributed by atoms with E-state index in [0.29, 0.717) is 10.6 Å². The van der Waals surface area contributed by atoms with E-state index >= 15 is 0 Å². The van der Waals surface area contributed by atoms with Crippen LogP contribution in [0.5, 0.6) is 0 Å². The number of benzene rings is 1. The Labute approximate surface area is 89.0 Å². The maximum atomic E-state index is 11.7. The average Bonchev–Trinajstić information content (AvgIpc) is 2.19. The summed E-state index contributed by atoms with van der Waals surface area (Å²) in [6, 6.07) is 8.57. The van der Waals surface area contributed by atoms with Crippen LogP contribution >= 0.6 is 10.8 Å². The molecule has 0 fully saturated rings. The van der Waals surface area contributed by atoms with Gasteiger partial charge in [-0.15, -0.1) is 0 Å². The molecule has 0 unspecified atom stereocenters. The van der Waals surface area contributed by atoms with Crippen molar-refractivity contribution in [2.75, 3.05) is 5.75 Å². The van der Waals surface area contributed by atoms with Gasteiger partial charge in [0.1, 0.15) is 0 Å². The molecule has 1 rings (SSSR count). The molecule has 0 bridgehead atoms. The first-order valence-electron chi connectivity index (χ1n) is 4.61. The topological polar surface area (TPSA) is 34.1 Å². The van der Waals surface area contributed by atoms with Crippen LogP contribution in [-0.4, -0.2) is 14.2 Å². The van der Waals surface area contributed by atoms with Crippen LogP contribution in [0.25, 0.3) is 0 Å². The molecule has 14 heavy (non-hydrogen) atoms. The van der Waals surface area contributed by atoms with Gasteiger partial charge in [0.15, 0.2) is 0 Å². The van der Waals surface area contributed by atoms with Crippen molar-refractivity contribution < 1.29 is 8.42 Å². The molecule has 78 valence electrons. The fraction of sp³-hybridized carbons (Fsp3) is 0.400. The van der Waals surface area contributed by atoms with Gasteiger partial charge in [-0.3, -0.25) is 0 Å². The second kappa shape index (κ2) is 5.41. The summed E-state index contributed by atoms with van der Waals surface area (Å²) in [5.74, 6) is 0.674. The molecule has 0 saturated carbocycles. The zero-order valence-corrected chi connectivity index (χ0v) is 9.77. The van der Waals surface area contributed by atoms with Gasteiger partial charge in [0.2, 0.25) is 8.87 Å². The third-order valence-corrected chi connectivity index (χ3v) is 5.39. The largest absolute Gasteiger partial charge is 0.229 e. The van der Waals surface area contributed by atoms with Gasteiger partial charge >= 0.3 is 0 Å². The van der Waals surface area contributed by atoms with Gasteiger partial charge < -0.3 is 0 Å². The van der Waals surface area contributed by atoms with Gasteiger partial charge in [-0.1, -0.05) is 31.5 Å². The molecule has 0 atom stereocenters. The maximum absolute atomic E-state index is 11.7. The normalized spacial score (nSPS) is 11.5. The summed E-state index contributed by atoms with van der Waals surface area (Å²) in [7, 11) is -2.09. The van der Waals surface area contributed by atoms with Gasteiger partial charge in [-0.25, -0.2) is 8.42 Å². The van der Waals surface area contributed by atoms with Crippen molar-refractivity contribution in [3.05, 3.63) is 30.3 Å². The molecule has 0 saturated heterocycles. The molecule has 0 radical (unpaired) electrons. The molecule has 4 heteroatoms. The Morgan fingerprint density at radius 1 is 1.21 bits per heavy atom. The monoisotopic (exact) mass is 230 g/mol. The quantitative estimate of drug-likeness (QED) is 0.576. The predicted molar refractivity (Wildman–Crippen MR) is 61.0 cm³/mol. The Morgan fingerprint density at radius 3 is 2.43 bits per heavy atom. The second-order valence-electron chi connectivity index (χ2n) is 2.94. The van der Waals surface area contributed by atoms with Crippen LogP contribution in [0.15, 0.2) is 35.2 Å². The minimum Gasteiger partial charge on any atom is -0.212 e. The van der Waals surface area contributed by atoms with Crippen molar-refractivity contribution in [3.8, 4) is 0 Å². The van der Waals surface area contributed by atoms with E-state index in [4.69, 9.17) is 0 Å². The highest BCUT2D eigenvalue weighted by atomic mass is 33.1. The minimum atomic E-state index is -3.12. The van der Waals surface area contributed by atoms with Gasteiger partial charge in [0, 0.05) is 5.75 Å². The zero-order valence-electron chi connectivity index (χ0n) is 8.14. The lowest BCUT2D eigenvalue weighted by atomic mass is 10.4. The van der Waals surface area contributed by atoms with E-state index in [2.05, 4.69) is 6.92 Å². The standard InChI is InChI=1S/C10H14O2S2/c1-2-3-9-13-14(11,12)10-7-5-4-6-8-10/h4-8H,2-3,9H2,1H3. The van der Waals surface area contributed by atoms with Crippen LogP contribution in [0, 0.1) is 0 Å². The molecule has 0 aliphatic carbocycles. The molecule has 0 amide bonds. The van der Waals surface area contributed by atoms with E-state index in [1.54, 1.807) is 24.3 Å². The average molecular weight is 230 g/mol. The maximum Gasteiger partial charge on any atom is 0.229 e. The van der Waals surface area contributed by atoms with Crippen molar-refractivity contribution >= 4 is 19.7 Å². The summed E-state index contributed by atoms with van der Waals surface area (Å²) in [6.45, 7) is 2.05. The lowest BCUT2D eigenvalue weighted by Crippen LogP contribution is -1.96. The molecule has 0 aliphatic heterocycles. The van der Waals surface area contributed by atoms with Crippen LogP contribution in [0.3, 0.4) is 0 Å². The second-order valence-corrected chi connectivity index (χ2v) is 6.99. The molecule has 1 aromatic rings. The van der Waals surface area contributed by atoms with Crippen molar-refractivity contribution in [2.24, 2.45) is 0 Å². The summed E-state index contributed by atoms with van der Waals surface area (Å²) < 4.78 is 23.3. The highest BCUT2D eigenvalue weighted by Crippen LogP contribution is 2.23. The summed E-state index contributed by atoms with van der Waals surface area (Å²) in [4.78, 5) is 0.404. The molecular weight excluding hydrogens is 216 g/mol. The first kappa shape index (κ1) is 11.6. The number of hydrogen-bond acceptors (Lipinski definition) is 3. The van der Waals surface area contributed by atoms with E-state index in [0.717, 1.165) is 23.6 Å². The van der Waals surface area contributed by atoms with E-state index in [1.165, 1.54) is 0 Å². The molecule has 0 N–H and O–H groups in total. The van der Waals surface area contributed by atoms with E-state index in [1.807, 2.05) is 6.07 Å². The SMILES string of the molecule is CCCCSS(=O)(=O)c1ccccc1. The van der Waals surface area contributed by atoms with Crippen molar-refractivity contribution in [3.63, 3.8) is 0 Å². The van der Waals surface area contributed by atoms with Gasteiger partial charge in [-0.05, 0) is 29.3 Å². The molecule has 0 aromatic heterocycles. The van der Waals surface area contributed by atoms with Gasteiger partial charge in [-0.2, -0.15) is 0 Å². The summed E-state index contributed by atoms with van der Waals surface area (Å²) in [5, 5.41) is 0. The fourth-order valence-electron chi connectivity index (χ4n) is 0.968. The minimum absolute atomic E-state index is 0.404. The highest BCUT2D eigenvalue weighted by molar-refractivity contribution is 8.72. The molecule has 0 spiro atoms. The smallest absolute Gasteiger partial charge is 0.212 e. The molecule has 1 aromatic carbocycles. The first-order valence-corrected chi connectivity index (χ1v) is 7.60. The van der Waals surface area contributed by atoms with Crippen molar-refractivity contribution in [1.82, 2.24) is 0 Å². The Morgan fingerprint density at radius 2 is 1.86 bits per heavy atom. The Bertz CT molecular complexity index is 357. The van der Waals surface area contributed by atoms with Crippen molar-refractivity contribution in [2.45, 2.75) is 24.7 Å². The van der Waals surface area contributed by atoms with Crippen LogP contribution < -0.4 is 0 Å². The van der Waals surface area contributed by atoms with E-state index in [-0.39, 0.29) is 0 Å². The van der Waals surface area contributed by atoms with Crippen LogP contribution in [-0.2, 0) is 8.87 Å². The molecule has 0 aliphatic rings. The molecule has 2 nitrogen and oxygen atoms in total. The summed E-state index contributed by atoms with van der Waals surface area (Å²) in [5.41, 5.74) is 0. The third kappa shape index (κ3) is 3.35. The van der Waals surface area contributed by atoms with Gasteiger partial charge in [0.25, 0.3) is 0 Å². The number of hydrogen-bond donors (Lipinski definition) is 0. The van der Waals surface area contributed by atoms with Crippen LogP contribution in [0.2, 0.25) is 0 Å². The van der Waals surface area contributed by atoms with Crippen LogP contribution in [0.4, 0.5) is 0 Å². The Kier molecular flexibility index (Phi) is 4.48. The van der Waals surface area contributed by atoms with E-state index in [9.17, 15) is 8.42 Å². The Hall–Kier alpha value is -0.480. The van der Waals surface area contributed by atoms with Crippen LogP contribution in [0.1, 0.15) is 19.8 Å². The molecule has 0 heterocycles. The fourth-order valence-corrected chi connectivity index (χ4v) is 3.97. The summed E-state index contributed by atoms with van der Waals surface area (Å²) in [6.07, 6.45) is 1.97. The Balaban J connectivity index is 2.67. The lowest BCUT2D eigenvalue weighted by molar-refractivity contribution is 0.610. The highest BCUT2D eigenvalue weighted by Gasteiger charge is 2.13. The first-order chi connectivity index (χ1) is 6.67. The number of unbranched alkanes of at least 4 members (excludes halogenated alkanes) is 1. The number of rotatable bonds is 5. The summed E-state index contributed by atoms with van der Waals surface area (Å²) >= 11 is 0. The van der Waals surface area contributed by atoms with E-state index < -0.39 is 8.87 Å². The van der Waals surface area contributed by atoms with Crippen molar-refractivity contribution in [1.29, 1.82) is 0 Å². The molecular formula is C10H14O2S2.